The maximum absolute atomic E-state index is 12.8. The summed E-state index contributed by atoms with van der Waals surface area (Å²) >= 11 is 5.86. The van der Waals surface area contributed by atoms with Crippen LogP contribution in [0.3, 0.4) is 0 Å². The number of rotatable bonds is 7. The maximum atomic E-state index is 12.8. The van der Waals surface area contributed by atoms with Gasteiger partial charge in [0.05, 0.1) is 10.7 Å². The molecule has 1 aliphatic heterocycles. The highest BCUT2D eigenvalue weighted by Gasteiger charge is 2.22. The summed E-state index contributed by atoms with van der Waals surface area (Å²) < 4.78 is 7.44. The van der Waals surface area contributed by atoms with Crippen LogP contribution in [0.5, 0.6) is 5.75 Å². The van der Waals surface area contributed by atoms with Gasteiger partial charge in [-0.3, -0.25) is 14.3 Å². The van der Waals surface area contributed by atoms with Gasteiger partial charge in [0.25, 0.3) is 5.56 Å². The largest absolute Gasteiger partial charge is 0.487 e. The number of allylic oxidation sites excluding steroid dienone is 1. The topological polar surface area (TPSA) is 59.4 Å². The van der Waals surface area contributed by atoms with Gasteiger partial charge in [-0.05, 0) is 60.9 Å². The van der Waals surface area contributed by atoms with Crippen LogP contribution in [-0.4, -0.2) is 40.6 Å². The molecule has 6 nitrogen and oxygen atoms in total. The van der Waals surface area contributed by atoms with E-state index in [0.29, 0.717) is 16.8 Å². The van der Waals surface area contributed by atoms with Crippen LogP contribution in [0.15, 0.2) is 59.7 Å². The summed E-state index contributed by atoms with van der Waals surface area (Å²) in [6.45, 7) is 3.42. The average Bonchev–Trinajstić information content (AvgIpc) is 2.80. The molecule has 1 fully saturated rings. The molecule has 3 heterocycles. The lowest BCUT2D eigenvalue weighted by Gasteiger charge is -2.36. The van der Waals surface area contributed by atoms with E-state index in [9.17, 15) is 4.79 Å². The minimum Gasteiger partial charge on any atom is -0.487 e. The van der Waals surface area contributed by atoms with Crippen LogP contribution < -0.4 is 15.6 Å². The molecule has 170 valence electrons. The van der Waals surface area contributed by atoms with Crippen LogP contribution in [0.25, 0.3) is 11.8 Å². The lowest BCUT2D eigenvalue weighted by Crippen LogP contribution is -2.55. The molecule has 0 amide bonds. The number of ether oxygens (including phenoxy) is 1. The minimum absolute atomic E-state index is 0.0995. The molecule has 7 heteroatoms. The summed E-state index contributed by atoms with van der Waals surface area (Å²) in [7, 11) is 2.14. The van der Waals surface area contributed by atoms with Gasteiger partial charge in [-0.1, -0.05) is 29.8 Å². The molecule has 0 bridgehead atoms. The zero-order valence-corrected chi connectivity index (χ0v) is 19.4. The monoisotopic (exact) mass is 462 g/mol. The van der Waals surface area contributed by atoms with Gasteiger partial charge in [0.1, 0.15) is 12.4 Å². The Labute approximate surface area is 198 Å². The maximum Gasteiger partial charge on any atom is 0.258 e. The van der Waals surface area contributed by atoms with Crippen molar-refractivity contribution >= 4 is 23.4 Å². The number of pyridine rings is 2. The number of halogens is 1. The molecule has 1 N–H and O–H groups in total. The fourth-order valence-corrected chi connectivity index (χ4v) is 4.47. The number of hydrogen-bond acceptors (Lipinski definition) is 5. The predicted octanol–water partition coefficient (Wildman–Crippen LogP) is 3.82. The zero-order valence-electron chi connectivity index (χ0n) is 18.6. The highest BCUT2D eigenvalue weighted by Crippen LogP contribution is 2.27. The normalized spacial score (nSPS) is 16.1. The molecule has 0 radical (unpaired) electrons. The van der Waals surface area contributed by atoms with Gasteiger partial charge in [0.2, 0.25) is 0 Å². The molecule has 0 saturated carbocycles. The Bertz CT molecular complexity index is 1230. The Morgan fingerprint density at radius 1 is 1.15 bits per heavy atom. The van der Waals surface area contributed by atoms with E-state index >= 15 is 0 Å². The first-order valence-corrected chi connectivity index (χ1v) is 11.6. The van der Waals surface area contributed by atoms with E-state index in [1.165, 1.54) is 22.8 Å². The van der Waals surface area contributed by atoms with Crippen molar-refractivity contribution in [3.05, 3.63) is 92.6 Å². The number of benzene rings is 1. The van der Waals surface area contributed by atoms with Crippen molar-refractivity contribution in [1.82, 2.24) is 19.8 Å². The van der Waals surface area contributed by atoms with Crippen LogP contribution >= 0.6 is 11.6 Å². The van der Waals surface area contributed by atoms with Crippen LogP contribution in [0, 0.1) is 0 Å². The van der Waals surface area contributed by atoms with Gasteiger partial charge in [0.15, 0.2) is 0 Å². The van der Waals surface area contributed by atoms with Gasteiger partial charge < -0.3 is 15.0 Å². The summed E-state index contributed by atoms with van der Waals surface area (Å²) in [6, 6.07) is 14.2. The molecule has 2 aliphatic rings. The van der Waals surface area contributed by atoms with E-state index in [2.05, 4.69) is 46.5 Å². The molecule has 3 aromatic rings. The second-order valence-corrected chi connectivity index (χ2v) is 9.23. The number of aryl methyl sites for hydroxylation is 1. The van der Waals surface area contributed by atoms with Crippen LogP contribution in [-0.2, 0) is 19.6 Å². The summed E-state index contributed by atoms with van der Waals surface area (Å²) in [5.74, 6) is 0.527. The van der Waals surface area contributed by atoms with Crippen molar-refractivity contribution in [3.8, 4) is 5.75 Å². The van der Waals surface area contributed by atoms with E-state index in [4.69, 9.17) is 16.3 Å². The first-order chi connectivity index (χ1) is 16.0. The summed E-state index contributed by atoms with van der Waals surface area (Å²) in [6.07, 6.45) is 7.24. The lowest BCUT2D eigenvalue weighted by atomic mass is 9.93. The molecule has 0 atom stereocenters. The van der Waals surface area contributed by atoms with E-state index in [1.807, 2.05) is 6.07 Å². The number of likely N-dealkylation sites (N-methyl/N-ethyl adjacent to an activating group) is 1. The highest BCUT2D eigenvalue weighted by atomic mass is 35.5. The van der Waals surface area contributed by atoms with Crippen molar-refractivity contribution < 1.29 is 4.74 Å². The van der Waals surface area contributed by atoms with Crippen molar-refractivity contribution in [1.29, 1.82) is 0 Å². The van der Waals surface area contributed by atoms with Gasteiger partial charge in [-0.2, -0.15) is 0 Å². The molecule has 0 unspecified atom stereocenters. The smallest absolute Gasteiger partial charge is 0.258 e. The number of likely N-dealkylation sites (tertiary alicyclic amines) is 1. The molecule has 5 rings (SSSR count). The Morgan fingerprint density at radius 2 is 2.03 bits per heavy atom. The van der Waals surface area contributed by atoms with Crippen molar-refractivity contribution in [2.45, 2.75) is 32.0 Å². The number of nitrogens with one attached hydrogen (secondary N) is 1. The molecule has 1 aromatic carbocycles. The highest BCUT2D eigenvalue weighted by molar-refractivity contribution is 6.30. The minimum atomic E-state index is -0.0995. The standard InChI is InChI=1S/C26H27ClN4O2/c1-30-15-23(16-30)28-13-18-2-3-20-11-24(7-4-19(20)10-18)31-9-8-25(12-26(31)32)33-17-22-6-5-21(27)14-29-22/h2-3,5-6,8-12,14,23,28H,4,7,13,15-17H2,1H3. The molecule has 1 saturated heterocycles. The SMILES string of the molecule is CN1CC(NCc2ccc3c(c2)CCC(n2ccc(OCc4ccc(Cl)cn4)cc2=O)=C3)C1. The predicted molar refractivity (Wildman–Crippen MR) is 131 cm³/mol. The van der Waals surface area contributed by atoms with E-state index in [0.717, 1.165) is 43.9 Å². The van der Waals surface area contributed by atoms with Gasteiger partial charge >= 0.3 is 0 Å². The molecule has 1 aliphatic carbocycles. The van der Waals surface area contributed by atoms with Gasteiger partial charge in [0, 0.05) is 49.8 Å². The average molecular weight is 463 g/mol. The first kappa shape index (κ1) is 21.9. The summed E-state index contributed by atoms with van der Waals surface area (Å²) in [4.78, 5) is 19.3. The first-order valence-electron chi connectivity index (χ1n) is 11.2. The lowest BCUT2D eigenvalue weighted by molar-refractivity contribution is 0.161. The number of nitrogens with zero attached hydrogens (tertiary/aromatic N) is 3. The number of fused-ring (bicyclic) bond motifs is 1. The van der Waals surface area contributed by atoms with Crippen molar-refractivity contribution in [2.75, 3.05) is 20.1 Å². The number of hydrogen-bond donors (Lipinski definition) is 1. The Hall–Kier alpha value is -2.93. The van der Waals surface area contributed by atoms with Gasteiger partial charge in [-0.15, -0.1) is 0 Å². The quantitative estimate of drug-likeness (QED) is 0.578. The van der Waals surface area contributed by atoms with Crippen LogP contribution in [0.2, 0.25) is 5.02 Å². The Kier molecular flexibility index (Phi) is 6.31. The van der Waals surface area contributed by atoms with Gasteiger partial charge in [-0.25, -0.2) is 0 Å². The third-order valence-corrected chi connectivity index (χ3v) is 6.44. The second kappa shape index (κ2) is 9.51. The Balaban J connectivity index is 1.25. The molecule has 2 aromatic heterocycles. The zero-order chi connectivity index (χ0) is 22.8. The summed E-state index contributed by atoms with van der Waals surface area (Å²) in [5, 5.41) is 4.20. The van der Waals surface area contributed by atoms with E-state index in [-0.39, 0.29) is 12.2 Å². The van der Waals surface area contributed by atoms with Crippen molar-refractivity contribution in [2.24, 2.45) is 0 Å². The molecule has 0 spiro atoms. The van der Waals surface area contributed by atoms with E-state index < -0.39 is 0 Å². The summed E-state index contributed by atoms with van der Waals surface area (Å²) in [5.41, 5.74) is 5.50. The fraction of sp³-hybridized carbons (Fsp3) is 0.308. The van der Waals surface area contributed by atoms with Crippen molar-refractivity contribution in [3.63, 3.8) is 0 Å². The Morgan fingerprint density at radius 3 is 2.79 bits per heavy atom. The molecule has 33 heavy (non-hydrogen) atoms. The van der Waals surface area contributed by atoms with E-state index in [1.54, 1.807) is 29.1 Å². The van der Waals surface area contributed by atoms with Crippen LogP contribution in [0.4, 0.5) is 0 Å². The third-order valence-electron chi connectivity index (χ3n) is 6.21. The fourth-order valence-electron chi connectivity index (χ4n) is 4.36. The number of aromatic nitrogens is 2. The third kappa shape index (κ3) is 5.19. The second-order valence-electron chi connectivity index (χ2n) is 8.79. The molecular weight excluding hydrogens is 436 g/mol. The van der Waals surface area contributed by atoms with Crippen LogP contribution in [0.1, 0.15) is 28.8 Å². The molecular formula is C26H27ClN4O2.